The van der Waals surface area contributed by atoms with E-state index in [1.807, 2.05) is 12.1 Å². The first-order chi connectivity index (χ1) is 16.3. The largest absolute Gasteiger partial charge is 0.560 e. The van der Waals surface area contributed by atoms with Crippen molar-refractivity contribution in [2.24, 2.45) is 10.9 Å². The molecule has 1 aromatic rings. The normalized spacial score (nSPS) is 22.8. The molecule has 11 heteroatoms. The molecule has 3 atom stereocenters. The molecular weight excluding hydrogens is 441 g/mol. The standard InChI is InChI=1S/C23H30BN3O7/c1-15(2)20-22(29)26-19(23(30)31-3)13-32-10-4-5-11-33-17-8-6-16(7-9-17)12-18(21(28)27-20)25-14-34-24/h4-9,14-15,18-20H,10-13H2,1-3H3,(H,26,29)(H,27,28)/t18-,19-,20-/m0/s1. The lowest BCUT2D eigenvalue weighted by Crippen LogP contribution is -2.56. The summed E-state index contributed by atoms with van der Waals surface area (Å²) >= 11 is 0. The van der Waals surface area contributed by atoms with Gasteiger partial charge in [0, 0.05) is 6.42 Å². The Balaban J connectivity index is 2.32. The number of rotatable bonds is 4. The van der Waals surface area contributed by atoms with E-state index in [0.29, 0.717) is 12.4 Å². The van der Waals surface area contributed by atoms with E-state index >= 15 is 0 Å². The van der Waals surface area contributed by atoms with Crippen LogP contribution < -0.4 is 15.4 Å². The summed E-state index contributed by atoms with van der Waals surface area (Å²) in [6.45, 7) is 3.96. The fourth-order valence-corrected chi connectivity index (χ4v) is 3.16. The monoisotopic (exact) mass is 471 g/mol. The van der Waals surface area contributed by atoms with Crippen LogP contribution in [-0.4, -0.2) is 77.3 Å². The Morgan fingerprint density at radius 1 is 1.15 bits per heavy atom. The molecule has 10 nitrogen and oxygen atoms in total. The van der Waals surface area contributed by atoms with Gasteiger partial charge in [-0.1, -0.05) is 32.1 Å². The van der Waals surface area contributed by atoms with Gasteiger partial charge in [-0.15, -0.1) is 0 Å². The summed E-state index contributed by atoms with van der Waals surface area (Å²) in [7, 11) is 6.26. The van der Waals surface area contributed by atoms with Crippen molar-refractivity contribution in [1.29, 1.82) is 0 Å². The Labute approximate surface area is 200 Å². The van der Waals surface area contributed by atoms with Crippen LogP contribution in [0, 0.1) is 5.92 Å². The Kier molecular flexibility index (Phi) is 11.1. The molecule has 182 valence electrons. The quantitative estimate of drug-likeness (QED) is 0.164. The minimum absolute atomic E-state index is 0.107. The van der Waals surface area contributed by atoms with Crippen LogP contribution in [0.5, 0.6) is 5.75 Å². The predicted molar refractivity (Wildman–Crippen MR) is 125 cm³/mol. The highest BCUT2D eigenvalue weighted by Crippen LogP contribution is 2.15. The molecular formula is C23H30BN3O7. The van der Waals surface area contributed by atoms with Crippen LogP contribution in [0.4, 0.5) is 0 Å². The molecule has 0 unspecified atom stereocenters. The SMILES string of the molecule is [B]OC=N[C@H]1Cc2ccc(cc2)OCC=CCOC[C@@H](C(=O)OC)NC(=O)[C@H](C(C)C)NC1=O. The van der Waals surface area contributed by atoms with E-state index in [-0.39, 0.29) is 25.6 Å². The van der Waals surface area contributed by atoms with Crippen molar-refractivity contribution in [3.8, 4) is 5.75 Å². The minimum atomic E-state index is -1.04. The molecule has 0 aromatic heterocycles. The highest BCUT2D eigenvalue weighted by atomic mass is 16.5. The zero-order valence-corrected chi connectivity index (χ0v) is 19.6. The number of methoxy groups -OCH3 is 1. The first-order valence-electron chi connectivity index (χ1n) is 10.9. The van der Waals surface area contributed by atoms with E-state index in [0.717, 1.165) is 12.0 Å². The zero-order valence-electron chi connectivity index (χ0n) is 19.6. The number of ether oxygens (including phenoxy) is 3. The van der Waals surface area contributed by atoms with Crippen molar-refractivity contribution in [1.82, 2.24) is 10.6 Å². The van der Waals surface area contributed by atoms with Crippen molar-refractivity contribution in [3.63, 3.8) is 0 Å². The molecule has 2 N–H and O–H groups in total. The molecule has 34 heavy (non-hydrogen) atoms. The van der Waals surface area contributed by atoms with Crippen molar-refractivity contribution < 1.29 is 33.2 Å². The third-order valence-electron chi connectivity index (χ3n) is 5.02. The van der Waals surface area contributed by atoms with Crippen molar-refractivity contribution >= 4 is 32.2 Å². The van der Waals surface area contributed by atoms with Gasteiger partial charge in [0.15, 0.2) is 12.4 Å². The molecule has 0 spiro atoms. The molecule has 1 aromatic carbocycles. The summed E-state index contributed by atoms with van der Waals surface area (Å²) in [4.78, 5) is 42.3. The van der Waals surface area contributed by atoms with E-state index in [4.69, 9.17) is 22.3 Å². The number of carbonyl (C=O) groups is 3. The second-order valence-electron chi connectivity index (χ2n) is 7.89. The van der Waals surface area contributed by atoms with Gasteiger partial charge >= 0.3 is 14.0 Å². The number of hydrogen-bond acceptors (Lipinski definition) is 8. The van der Waals surface area contributed by atoms with Gasteiger partial charge in [0.1, 0.15) is 24.4 Å². The van der Waals surface area contributed by atoms with E-state index < -0.39 is 35.9 Å². The number of carbonyl (C=O) groups excluding carboxylic acids is 3. The van der Waals surface area contributed by atoms with Crippen LogP contribution in [0.15, 0.2) is 41.4 Å². The maximum absolute atomic E-state index is 13.0. The maximum Gasteiger partial charge on any atom is 0.375 e. The Hall–Kier alpha value is -3.34. The zero-order chi connectivity index (χ0) is 24.9. The number of benzene rings is 1. The van der Waals surface area contributed by atoms with Crippen molar-refractivity contribution in [2.75, 3.05) is 26.9 Å². The van der Waals surface area contributed by atoms with Gasteiger partial charge in [-0.2, -0.15) is 0 Å². The topological polar surface area (TPSA) is 125 Å². The summed E-state index contributed by atoms with van der Waals surface area (Å²) in [5, 5.41) is 5.32. The molecule has 0 aliphatic carbocycles. The van der Waals surface area contributed by atoms with E-state index in [9.17, 15) is 14.4 Å². The summed E-state index contributed by atoms with van der Waals surface area (Å²) in [5.74, 6) is -1.35. The number of amides is 2. The van der Waals surface area contributed by atoms with Gasteiger partial charge in [-0.3, -0.25) is 9.59 Å². The van der Waals surface area contributed by atoms with Crippen LogP contribution >= 0.6 is 0 Å². The molecule has 0 saturated carbocycles. The highest BCUT2D eigenvalue weighted by molar-refractivity contribution is 6.02. The Morgan fingerprint density at radius 3 is 2.50 bits per heavy atom. The van der Waals surface area contributed by atoms with Gasteiger partial charge in [-0.25, -0.2) is 9.79 Å². The minimum Gasteiger partial charge on any atom is -0.560 e. The molecule has 2 bridgehead atoms. The fourth-order valence-electron chi connectivity index (χ4n) is 3.16. The highest BCUT2D eigenvalue weighted by Gasteiger charge is 2.31. The van der Waals surface area contributed by atoms with E-state index in [2.05, 4.69) is 20.3 Å². The fraction of sp³-hybridized carbons (Fsp3) is 0.478. The molecule has 2 aliphatic heterocycles. The second-order valence-corrected chi connectivity index (χ2v) is 7.89. The lowest BCUT2D eigenvalue weighted by molar-refractivity contribution is -0.147. The number of fused-ring (bicyclic) bond motifs is 15. The summed E-state index contributed by atoms with van der Waals surface area (Å²) in [6.07, 6.45) is 4.73. The van der Waals surface area contributed by atoms with Gasteiger partial charge in [0.05, 0.1) is 20.3 Å². The number of aliphatic imine (C=N–C) groups is 1. The third kappa shape index (κ3) is 8.55. The molecule has 2 heterocycles. The Morgan fingerprint density at radius 2 is 1.85 bits per heavy atom. The lowest BCUT2D eigenvalue weighted by Gasteiger charge is -2.25. The van der Waals surface area contributed by atoms with Crippen LogP contribution in [0.25, 0.3) is 0 Å². The average molecular weight is 471 g/mol. The van der Waals surface area contributed by atoms with Crippen LogP contribution in [0.2, 0.25) is 0 Å². The van der Waals surface area contributed by atoms with Gasteiger partial charge < -0.3 is 29.5 Å². The number of nitrogens with one attached hydrogen (secondary N) is 2. The van der Waals surface area contributed by atoms with Gasteiger partial charge in [-0.05, 0) is 29.7 Å². The van der Waals surface area contributed by atoms with E-state index in [1.54, 1.807) is 38.1 Å². The van der Waals surface area contributed by atoms with E-state index in [1.165, 1.54) is 7.11 Å². The maximum atomic E-state index is 13.0. The first-order valence-corrected chi connectivity index (χ1v) is 10.9. The van der Waals surface area contributed by atoms with Crippen LogP contribution in [0.3, 0.4) is 0 Å². The van der Waals surface area contributed by atoms with Crippen molar-refractivity contribution in [3.05, 3.63) is 42.0 Å². The number of hydrogen-bond donors (Lipinski definition) is 2. The average Bonchev–Trinajstić information content (AvgIpc) is 2.83. The third-order valence-corrected chi connectivity index (χ3v) is 5.02. The second kappa shape index (κ2) is 14.0. The Bertz CT molecular complexity index is 874. The molecule has 2 amide bonds. The summed E-state index contributed by atoms with van der Waals surface area (Å²) in [6, 6.07) is 4.33. The number of nitrogens with zero attached hydrogens (tertiary/aromatic N) is 1. The predicted octanol–water partition coefficient (Wildman–Crippen LogP) is 0.490. The molecule has 2 radical (unpaired) electrons. The molecule has 2 aliphatic rings. The first kappa shape index (κ1) is 26.9. The van der Waals surface area contributed by atoms with Crippen LogP contribution in [-0.2, 0) is 34.9 Å². The lowest BCUT2D eigenvalue weighted by atomic mass is 10.0. The summed E-state index contributed by atoms with van der Waals surface area (Å²) in [5.41, 5.74) is 0.819. The molecule has 3 rings (SSSR count). The number of esters is 1. The van der Waals surface area contributed by atoms with Gasteiger partial charge in [0.25, 0.3) is 0 Å². The smallest absolute Gasteiger partial charge is 0.375 e. The van der Waals surface area contributed by atoms with Gasteiger partial charge in [0.2, 0.25) is 11.8 Å². The van der Waals surface area contributed by atoms with Crippen LogP contribution in [0.1, 0.15) is 19.4 Å². The molecule has 0 fully saturated rings. The summed E-state index contributed by atoms with van der Waals surface area (Å²) < 4.78 is 20.3. The molecule has 0 saturated heterocycles. The van der Waals surface area contributed by atoms with Crippen molar-refractivity contribution in [2.45, 2.75) is 38.4 Å².